The van der Waals surface area contributed by atoms with E-state index in [1.165, 1.54) is 29.5 Å². The van der Waals surface area contributed by atoms with Crippen LogP contribution in [-0.4, -0.2) is 23.5 Å². The first-order chi connectivity index (χ1) is 12.6. The van der Waals surface area contributed by atoms with Gasteiger partial charge in [0.05, 0.1) is 13.2 Å². The number of fused-ring (bicyclic) bond motifs is 1. The lowest BCUT2D eigenvalue weighted by Gasteiger charge is -2.38. The SMILES string of the molecule is COc1cccc(CN2CCC(C)CC2c2cc3cc(Cl)ccc3[nH]2)c1. The summed E-state index contributed by atoms with van der Waals surface area (Å²) in [6.45, 7) is 4.40. The molecule has 1 saturated heterocycles. The van der Waals surface area contributed by atoms with Gasteiger partial charge in [-0.3, -0.25) is 4.90 Å². The Labute approximate surface area is 159 Å². The van der Waals surface area contributed by atoms with Gasteiger partial charge in [-0.05, 0) is 67.3 Å². The second kappa shape index (κ2) is 7.34. The Morgan fingerprint density at radius 3 is 2.92 bits per heavy atom. The van der Waals surface area contributed by atoms with Crippen molar-refractivity contribution >= 4 is 22.5 Å². The number of likely N-dealkylation sites (tertiary alicyclic amines) is 1. The monoisotopic (exact) mass is 368 g/mol. The van der Waals surface area contributed by atoms with E-state index in [4.69, 9.17) is 16.3 Å². The summed E-state index contributed by atoms with van der Waals surface area (Å²) in [7, 11) is 1.72. The maximum atomic E-state index is 6.17. The summed E-state index contributed by atoms with van der Waals surface area (Å²) >= 11 is 6.17. The Kier molecular flexibility index (Phi) is 4.92. The number of nitrogens with one attached hydrogen (secondary N) is 1. The number of hydrogen-bond acceptors (Lipinski definition) is 2. The van der Waals surface area contributed by atoms with Crippen molar-refractivity contribution in [1.29, 1.82) is 0 Å². The van der Waals surface area contributed by atoms with E-state index in [9.17, 15) is 0 Å². The molecule has 0 amide bonds. The van der Waals surface area contributed by atoms with Crippen LogP contribution < -0.4 is 4.74 Å². The van der Waals surface area contributed by atoms with Crippen molar-refractivity contribution in [1.82, 2.24) is 9.88 Å². The molecule has 1 fully saturated rings. The maximum Gasteiger partial charge on any atom is 0.119 e. The first-order valence-electron chi connectivity index (χ1n) is 9.27. The number of rotatable bonds is 4. The maximum absolute atomic E-state index is 6.17. The average Bonchev–Trinajstić information content (AvgIpc) is 3.06. The zero-order valence-electron chi connectivity index (χ0n) is 15.3. The van der Waals surface area contributed by atoms with Gasteiger partial charge in [0, 0.05) is 28.2 Å². The van der Waals surface area contributed by atoms with Crippen LogP contribution in [0.3, 0.4) is 0 Å². The smallest absolute Gasteiger partial charge is 0.119 e. The van der Waals surface area contributed by atoms with Gasteiger partial charge in [0.25, 0.3) is 0 Å². The minimum atomic E-state index is 0.399. The minimum absolute atomic E-state index is 0.399. The fourth-order valence-corrected chi connectivity index (χ4v) is 4.19. The van der Waals surface area contributed by atoms with Crippen molar-refractivity contribution in [3.05, 3.63) is 64.8 Å². The van der Waals surface area contributed by atoms with E-state index < -0.39 is 0 Å². The fraction of sp³-hybridized carbons (Fsp3) is 0.364. The molecule has 0 aliphatic carbocycles. The van der Waals surface area contributed by atoms with E-state index >= 15 is 0 Å². The van der Waals surface area contributed by atoms with E-state index in [1.54, 1.807) is 7.11 Å². The van der Waals surface area contributed by atoms with Crippen molar-refractivity contribution < 1.29 is 4.74 Å². The van der Waals surface area contributed by atoms with Crippen molar-refractivity contribution in [2.75, 3.05) is 13.7 Å². The summed E-state index contributed by atoms with van der Waals surface area (Å²) < 4.78 is 5.39. The van der Waals surface area contributed by atoms with Crippen LogP contribution >= 0.6 is 11.6 Å². The quantitative estimate of drug-likeness (QED) is 0.630. The zero-order chi connectivity index (χ0) is 18.1. The number of aromatic amines is 1. The normalized spacial score (nSPS) is 21.2. The first kappa shape index (κ1) is 17.4. The Balaban J connectivity index is 1.63. The van der Waals surface area contributed by atoms with E-state index in [1.807, 2.05) is 18.2 Å². The average molecular weight is 369 g/mol. The van der Waals surface area contributed by atoms with Gasteiger partial charge in [-0.2, -0.15) is 0 Å². The fourth-order valence-electron chi connectivity index (χ4n) is 4.01. The van der Waals surface area contributed by atoms with Crippen molar-refractivity contribution in [2.24, 2.45) is 5.92 Å². The molecule has 1 N–H and O–H groups in total. The highest BCUT2D eigenvalue weighted by Crippen LogP contribution is 2.36. The van der Waals surface area contributed by atoms with E-state index in [0.29, 0.717) is 6.04 Å². The molecule has 2 heterocycles. The molecule has 3 nitrogen and oxygen atoms in total. The number of benzene rings is 2. The molecule has 1 aliphatic rings. The third-order valence-electron chi connectivity index (χ3n) is 5.46. The molecule has 4 rings (SSSR count). The zero-order valence-corrected chi connectivity index (χ0v) is 16.1. The van der Waals surface area contributed by atoms with Crippen LogP contribution in [0.4, 0.5) is 0 Å². The van der Waals surface area contributed by atoms with Gasteiger partial charge in [0.2, 0.25) is 0 Å². The number of ether oxygens (including phenoxy) is 1. The highest BCUT2D eigenvalue weighted by molar-refractivity contribution is 6.31. The molecular formula is C22H25ClN2O. The molecular weight excluding hydrogens is 344 g/mol. The van der Waals surface area contributed by atoms with Crippen molar-refractivity contribution in [3.63, 3.8) is 0 Å². The summed E-state index contributed by atoms with van der Waals surface area (Å²) in [4.78, 5) is 6.21. The largest absolute Gasteiger partial charge is 0.497 e. The number of methoxy groups -OCH3 is 1. The summed E-state index contributed by atoms with van der Waals surface area (Å²) in [5.41, 5.74) is 3.74. The lowest BCUT2D eigenvalue weighted by atomic mass is 9.90. The van der Waals surface area contributed by atoms with Gasteiger partial charge in [-0.1, -0.05) is 30.7 Å². The molecule has 0 saturated carbocycles. The van der Waals surface area contributed by atoms with Gasteiger partial charge in [0.15, 0.2) is 0 Å². The Morgan fingerprint density at radius 2 is 2.08 bits per heavy atom. The van der Waals surface area contributed by atoms with E-state index in [0.717, 1.165) is 35.3 Å². The van der Waals surface area contributed by atoms with Crippen molar-refractivity contribution in [3.8, 4) is 5.75 Å². The summed E-state index contributed by atoms with van der Waals surface area (Å²) in [6.07, 6.45) is 2.41. The van der Waals surface area contributed by atoms with E-state index in [-0.39, 0.29) is 0 Å². The number of piperidine rings is 1. The Hall–Kier alpha value is -1.97. The lowest BCUT2D eigenvalue weighted by molar-refractivity contribution is 0.108. The van der Waals surface area contributed by atoms with Crippen LogP contribution in [0, 0.1) is 5.92 Å². The summed E-state index contributed by atoms with van der Waals surface area (Å²) in [6, 6.07) is 17.1. The van der Waals surface area contributed by atoms with Crippen LogP contribution in [-0.2, 0) is 6.54 Å². The molecule has 2 atom stereocenters. The molecule has 0 bridgehead atoms. The topological polar surface area (TPSA) is 28.3 Å². The van der Waals surface area contributed by atoms with Crippen LogP contribution in [0.1, 0.15) is 37.1 Å². The van der Waals surface area contributed by atoms with Crippen LogP contribution in [0.5, 0.6) is 5.75 Å². The molecule has 0 spiro atoms. The van der Waals surface area contributed by atoms with Crippen LogP contribution in [0.2, 0.25) is 5.02 Å². The number of H-pyrrole nitrogens is 1. The highest BCUT2D eigenvalue weighted by atomic mass is 35.5. The molecule has 3 aromatic rings. The molecule has 1 aromatic heterocycles. The molecule has 1 aliphatic heterocycles. The van der Waals surface area contributed by atoms with E-state index in [2.05, 4.69) is 47.1 Å². The van der Waals surface area contributed by atoms with Crippen LogP contribution in [0.25, 0.3) is 10.9 Å². The summed E-state index contributed by atoms with van der Waals surface area (Å²) in [5, 5.41) is 1.97. The van der Waals surface area contributed by atoms with Gasteiger partial charge in [0.1, 0.15) is 5.75 Å². The van der Waals surface area contributed by atoms with Crippen LogP contribution in [0.15, 0.2) is 48.5 Å². The first-order valence-corrected chi connectivity index (χ1v) is 9.65. The second-order valence-corrected chi connectivity index (χ2v) is 7.86. The lowest BCUT2D eigenvalue weighted by Crippen LogP contribution is -2.36. The van der Waals surface area contributed by atoms with Gasteiger partial charge in [-0.15, -0.1) is 0 Å². The molecule has 4 heteroatoms. The highest BCUT2D eigenvalue weighted by Gasteiger charge is 2.28. The van der Waals surface area contributed by atoms with Gasteiger partial charge in [-0.25, -0.2) is 0 Å². The number of aromatic nitrogens is 1. The standard InChI is InChI=1S/C22H25ClN2O/c1-15-8-9-25(14-16-4-3-5-19(11-16)26-2)22(10-15)21-13-17-12-18(23)6-7-20(17)24-21/h3-7,11-13,15,22,24H,8-10,14H2,1-2H3. The predicted molar refractivity (Wildman–Crippen MR) is 108 cm³/mol. The molecule has 136 valence electrons. The van der Waals surface area contributed by atoms with Gasteiger partial charge >= 0.3 is 0 Å². The minimum Gasteiger partial charge on any atom is -0.497 e. The molecule has 2 aromatic carbocycles. The number of halogens is 1. The Bertz CT molecular complexity index is 904. The summed E-state index contributed by atoms with van der Waals surface area (Å²) in [5.74, 6) is 1.65. The number of hydrogen-bond donors (Lipinski definition) is 1. The Morgan fingerprint density at radius 1 is 1.19 bits per heavy atom. The second-order valence-electron chi connectivity index (χ2n) is 7.42. The van der Waals surface area contributed by atoms with Crippen molar-refractivity contribution in [2.45, 2.75) is 32.4 Å². The third-order valence-corrected chi connectivity index (χ3v) is 5.69. The van der Waals surface area contributed by atoms with Gasteiger partial charge < -0.3 is 9.72 Å². The number of nitrogens with zero attached hydrogens (tertiary/aromatic N) is 1. The predicted octanol–water partition coefficient (Wildman–Crippen LogP) is 5.80. The molecule has 26 heavy (non-hydrogen) atoms. The molecule has 0 radical (unpaired) electrons. The third kappa shape index (κ3) is 3.60. The molecule has 2 unspecified atom stereocenters.